The Labute approximate surface area is 114 Å². The zero-order valence-electron chi connectivity index (χ0n) is 10.7. The zero-order valence-corrected chi connectivity index (χ0v) is 10.7. The van der Waals surface area contributed by atoms with Crippen LogP contribution in [0.2, 0.25) is 0 Å². The molecule has 0 aromatic heterocycles. The number of hydrogen-bond acceptors (Lipinski definition) is 3. The van der Waals surface area contributed by atoms with E-state index < -0.39 is 23.3 Å². The number of ether oxygens (including phenoxy) is 1. The molecule has 4 nitrogen and oxygen atoms in total. The molecular formula is C15H12FNO3. The second-order valence-electron chi connectivity index (χ2n) is 5.62. The van der Waals surface area contributed by atoms with Gasteiger partial charge >= 0.3 is 0 Å². The lowest BCUT2D eigenvalue weighted by Crippen LogP contribution is -2.38. The lowest BCUT2D eigenvalue weighted by Gasteiger charge is -2.24. The highest BCUT2D eigenvalue weighted by molar-refractivity contribution is 6.23. The van der Waals surface area contributed by atoms with Crippen LogP contribution < -0.4 is 4.90 Å². The summed E-state index contributed by atoms with van der Waals surface area (Å²) < 4.78 is 18.7. The molecule has 0 unspecified atom stereocenters. The fourth-order valence-corrected chi connectivity index (χ4v) is 3.50. The fourth-order valence-electron chi connectivity index (χ4n) is 3.50. The van der Waals surface area contributed by atoms with E-state index in [1.807, 2.05) is 19.1 Å². The number of hydrogen-bond donors (Lipinski definition) is 0. The average Bonchev–Trinajstić information content (AvgIpc) is 3.01. The Balaban J connectivity index is 1.77. The quantitative estimate of drug-likeness (QED) is 0.577. The van der Waals surface area contributed by atoms with E-state index in [2.05, 4.69) is 0 Å². The maximum absolute atomic E-state index is 13.0. The molecule has 0 radical (unpaired) electrons. The van der Waals surface area contributed by atoms with Gasteiger partial charge in [-0.1, -0.05) is 12.2 Å². The van der Waals surface area contributed by atoms with Crippen LogP contribution in [0.15, 0.2) is 36.4 Å². The molecule has 4 atom stereocenters. The molecule has 0 spiro atoms. The summed E-state index contributed by atoms with van der Waals surface area (Å²) in [6, 6.07) is 5.39. The molecule has 5 heteroatoms. The third kappa shape index (κ3) is 1.28. The van der Waals surface area contributed by atoms with E-state index in [-0.39, 0.29) is 17.9 Å². The van der Waals surface area contributed by atoms with E-state index in [0.29, 0.717) is 5.69 Å². The number of rotatable bonds is 1. The Kier molecular flexibility index (Phi) is 2.09. The molecule has 0 saturated carbocycles. The third-order valence-corrected chi connectivity index (χ3v) is 4.41. The van der Waals surface area contributed by atoms with Crippen LogP contribution in [-0.2, 0) is 14.3 Å². The summed E-state index contributed by atoms with van der Waals surface area (Å²) in [4.78, 5) is 26.2. The zero-order chi connectivity index (χ0) is 14.1. The topological polar surface area (TPSA) is 46.6 Å². The van der Waals surface area contributed by atoms with Crippen LogP contribution in [0.4, 0.5) is 10.1 Å². The summed E-state index contributed by atoms with van der Waals surface area (Å²) in [5.74, 6) is -1.85. The number of imide groups is 1. The number of amides is 2. The van der Waals surface area contributed by atoms with Crippen molar-refractivity contribution >= 4 is 17.5 Å². The predicted octanol–water partition coefficient (Wildman–Crippen LogP) is 1.66. The van der Waals surface area contributed by atoms with Gasteiger partial charge in [0.2, 0.25) is 11.8 Å². The molecule has 0 aliphatic carbocycles. The maximum atomic E-state index is 13.0. The molecular weight excluding hydrogens is 261 g/mol. The molecule has 0 N–H and O–H groups in total. The Bertz CT molecular complexity index is 654. The van der Waals surface area contributed by atoms with Gasteiger partial charge in [-0.2, -0.15) is 0 Å². The molecule has 20 heavy (non-hydrogen) atoms. The van der Waals surface area contributed by atoms with Crippen molar-refractivity contribution in [3.05, 3.63) is 42.2 Å². The van der Waals surface area contributed by atoms with E-state index in [4.69, 9.17) is 4.74 Å². The van der Waals surface area contributed by atoms with E-state index in [1.54, 1.807) is 0 Å². The van der Waals surface area contributed by atoms with Gasteiger partial charge in [0, 0.05) is 0 Å². The number of nitrogens with zero attached hydrogens (tertiary/aromatic N) is 1. The van der Waals surface area contributed by atoms with Gasteiger partial charge in [-0.15, -0.1) is 0 Å². The molecule has 3 aliphatic heterocycles. The summed E-state index contributed by atoms with van der Waals surface area (Å²) in [7, 11) is 0. The van der Waals surface area contributed by atoms with Gasteiger partial charge in [-0.25, -0.2) is 9.29 Å². The van der Waals surface area contributed by atoms with Gasteiger partial charge in [0.05, 0.1) is 29.2 Å². The molecule has 4 rings (SSSR count). The lowest BCUT2D eigenvalue weighted by atomic mass is 9.78. The van der Waals surface area contributed by atoms with Gasteiger partial charge in [-0.3, -0.25) is 9.59 Å². The molecule has 102 valence electrons. The van der Waals surface area contributed by atoms with E-state index in [1.165, 1.54) is 24.3 Å². The molecule has 3 aliphatic rings. The minimum Gasteiger partial charge on any atom is -0.362 e. The number of halogens is 1. The highest BCUT2D eigenvalue weighted by Crippen LogP contribution is 2.52. The Morgan fingerprint density at radius 2 is 1.90 bits per heavy atom. The van der Waals surface area contributed by atoms with Crippen LogP contribution in [0.25, 0.3) is 0 Å². The molecule has 2 fully saturated rings. The number of carbonyl (C=O) groups excluding carboxylic acids is 2. The Morgan fingerprint density at radius 1 is 1.20 bits per heavy atom. The van der Waals surface area contributed by atoms with Gasteiger partial charge < -0.3 is 4.74 Å². The van der Waals surface area contributed by atoms with Gasteiger partial charge in [0.25, 0.3) is 0 Å². The van der Waals surface area contributed by atoms with Crippen LogP contribution in [0, 0.1) is 17.7 Å². The second-order valence-corrected chi connectivity index (χ2v) is 5.62. The first-order valence-corrected chi connectivity index (χ1v) is 6.52. The number of fused-ring (bicyclic) bond motifs is 5. The van der Waals surface area contributed by atoms with Crippen LogP contribution in [-0.4, -0.2) is 23.5 Å². The highest BCUT2D eigenvalue weighted by Gasteiger charge is 2.65. The van der Waals surface area contributed by atoms with Crippen molar-refractivity contribution in [3.8, 4) is 0 Å². The number of benzene rings is 1. The second kappa shape index (κ2) is 3.55. The Hall–Kier alpha value is -2.01. The maximum Gasteiger partial charge on any atom is 0.241 e. The normalized spacial score (nSPS) is 37.9. The summed E-state index contributed by atoms with van der Waals surface area (Å²) in [5, 5.41) is 0. The summed E-state index contributed by atoms with van der Waals surface area (Å²) in [6.45, 7) is 1.83. The van der Waals surface area contributed by atoms with Gasteiger partial charge in [-0.05, 0) is 31.2 Å². The molecule has 1 aromatic carbocycles. The van der Waals surface area contributed by atoms with Crippen LogP contribution >= 0.6 is 0 Å². The summed E-state index contributed by atoms with van der Waals surface area (Å²) >= 11 is 0. The summed E-state index contributed by atoms with van der Waals surface area (Å²) in [6.07, 6.45) is 3.38. The smallest absolute Gasteiger partial charge is 0.241 e. The van der Waals surface area contributed by atoms with E-state index >= 15 is 0 Å². The van der Waals surface area contributed by atoms with E-state index in [9.17, 15) is 14.0 Å². The van der Waals surface area contributed by atoms with Crippen LogP contribution in [0.1, 0.15) is 6.92 Å². The third-order valence-electron chi connectivity index (χ3n) is 4.41. The van der Waals surface area contributed by atoms with Gasteiger partial charge in [0.15, 0.2) is 0 Å². The largest absolute Gasteiger partial charge is 0.362 e. The fraction of sp³-hybridized carbons (Fsp3) is 0.333. The molecule has 2 bridgehead atoms. The SMILES string of the molecule is C[C@@]12C=C[C@@H](O1)[C@H]1C(=O)N(c3ccc(F)cc3)C(=O)[C@H]12. The molecule has 3 heterocycles. The van der Waals surface area contributed by atoms with Crippen molar-refractivity contribution in [1.82, 2.24) is 0 Å². The van der Waals surface area contributed by atoms with Crippen molar-refractivity contribution in [1.29, 1.82) is 0 Å². The van der Waals surface area contributed by atoms with Crippen LogP contribution in [0.5, 0.6) is 0 Å². The highest BCUT2D eigenvalue weighted by atomic mass is 19.1. The van der Waals surface area contributed by atoms with Crippen molar-refractivity contribution in [2.75, 3.05) is 4.90 Å². The average molecular weight is 273 g/mol. The molecule has 2 amide bonds. The molecule has 2 saturated heterocycles. The van der Waals surface area contributed by atoms with Crippen LogP contribution in [0.3, 0.4) is 0 Å². The summed E-state index contributed by atoms with van der Waals surface area (Å²) in [5.41, 5.74) is -0.282. The first-order valence-electron chi connectivity index (χ1n) is 6.52. The van der Waals surface area contributed by atoms with Gasteiger partial charge in [0.1, 0.15) is 5.82 Å². The van der Waals surface area contributed by atoms with Crippen molar-refractivity contribution in [2.24, 2.45) is 11.8 Å². The van der Waals surface area contributed by atoms with Crippen molar-refractivity contribution in [3.63, 3.8) is 0 Å². The van der Waals surface area contributed by atoms with Crippen molar-refractivity contribution in [2.45, 2.75) is 18.6 Å². The minimum absolute atomic E-state index is 0.260. The lowest BCUT2D eigenvalue weighted by molar-refractivity contribution is -0.126. The Morgan fingerprint density at radius 3 is 2.55 bits per heavy atom. The number of carbonyl (C=O) groups is 2. The monoisotopic (exact) mass is 273 g/mol. The standard InChI is InChI=1S/C15H12FNO3/c1-15-7-6-10(20-15)11-12(15)14(19)17(13(11)18)9-4-2-8(16)3-5-9/h2-7,10-12H,1H3/t10-,11-,12+,15+/m1/s1. The predicted molar refractivity (Wildman–Crippen MR) is 68.3 cm³/mol. The van der Waals surface area contributed by atoms with E-state index in [0.717, 1.165) is 4.90 Å². The van der Waals surface area contributed by atoms with Crippen molar-refractivity contribution < 1.29 is 18.7 Å². The molecule has 1 aromatic rings. The first kappa shape index (κ1) is 11.8. The minimum atomic E-state index is -0.698. The first-order chi connectivity index (χ1) is 9.51. The number of anilines is 1.